The molecular formula is C14H23BrN4O2. The highest BCUT2D eigenvalue weighted by molar-refractivity contribution is 9.10. The molecular weight excluding hydrogens is 336 g/mol. The Kier molecular flexibility index (Phi) is 6.05. The molecule has 0 atom stereocenters. The van der Waals surface area contributed by atoms with Crippen molar-refractivity contribution in [2.75, 3.05) is 39.3 Å². The van der Waals surface area contributed by atoms with Gasteiger partial charge in [-0.2, -0.15) is 5.10 Å². The van der Waals surface area contributed by atoms with Crippen LogP contribution in [0.2, 0.25) is 0 Å². The molecule has 0 N–H and O–H groups in total. The molecule has 7 heteroatoms. The van der Waals surface area contributed by atoms with Gasteiger partial charge in [-0.15, -0.1) is 0 Å². The average molecular weight is 359 g/mol. The molecule has 1 aliphatic heterocycles. The van der Waals surface area contributed by atoms with Crippen molar-refractivity contribution in [3.63, 3.8) is 0 Å². The van der Waals surface area contributed by atoms with Crippen molar-refractivity contribution in [3.05, 3.63) is 16.9 Å². The fourth-order valence-electron chi connectivity index (χ4n) is 2.19. The van der Waals surface area contributed by atoms with E-state index in [9.17, 15) is 4.79 Å². The third kappa shape index (κ3) is 5.32. The molecule has 21 heavy (non-hydrogen) atoms. The fourth-order valence-corrected chi connectivity index (χ4v) is 2.52. The van der Waals surface area contributed by atoms with E-state index in [1.54, 1.807) is 11.1 Å². The van der Waals surface area contributed by atoms with E-state index < -0.39 is 0 Å². The fraction of sp³-hybridized carbons (Fsp3) is 0.714. The SMILES string of the molecule is CC(C)COC(=O)N1CCN(CCn2cc(Br)cn2)CC1. The Bertz CT molecular complexity index is 456. The van der Waals surface area contributed by atoms with Gasteiger partial charge in [0.2, 0.25) is 0 Å². The number of hydrogen-bond donors (Lipinski definition) is 0. The van der Waals surface area contributed by atoms with Crippen molar-refractivity contribution in [1.82, 2.24) is 19.6 Å². The quantitative estimate of drug-likeness (QED) is 0.808. The van der Waals surface area contributed by atoms with Gasteiger partial charge in [0, 0.05) is 38.9 Å². The second kappa shape index (κ2) is 7.79. The number of hydrogen-bond acceptors (Lipinski definition) is 4. The first-order valence-corrected chi connectivity index (χ1v) is 8.16. The summed E-state index contributed by atoms with van der Waals surface area (Å²) in [7, 11) is 0. The van der Waals surface area contributed by atoms with E-state index in [0.717, 1.165) is 43.7 Å². The number of nitrogens with zero attached hydrogens (tertiary/aromatic N) is 4. The molecule has 0 bridgehead atoms. The monoisotopic (exact) mass is 358 g/mol. The minimum atomic E-state index is -0.181. The number of piperazine rings is 1. The number of ether oxygens (including phenoxy) is 1. The van der Waals surface area contributed by atoms with Gasteiger partial charge in [0.25, 0.3) is 0 Å². The Labute approximate surface area is 134 Å². The predicted octanol–water partition coefficient (Wildman–Crippen LogP) is 2.06. The molecule has 6 nitrogen and oxygen atoms in total. The zero-order valence-electron chi connectivity index (χ0n) is 12.7. The largest absolute Gasteiger partial charge is 0.449 e. The van der Waals surface area contributed by atoms with Gasteiger partial charge >= 0.3 is 6.09 Å². The maximum atomic E-state index is 11.9. The van der Waals surface area contributed by atoms with E-state index in [1.807, 2.05) is 24.7 Å². The summed E-state index contributed by atoms with van der Waals surface area (Å²) in [5, 5.41) is 4.24. The number of carbonyl (C=O) groups is 1. The molecule has 2 heterocycles. The summed E-state index contributed by atoms with van der Waals surface area (Å²) in [5.74, 6) is 0.378. The summed E-state index contributed by atoms with van der Waals surface area (Å²) < 4.78 is 8.18. The smallest absolute Gasteiger partial charge is 0.409 e. The van der Waals surface area contributed by atoms with Crippen LogP contribution in [0.3, 0.4) is 0 Å². The van der Waals surface area contributed by atoms with E-state index in [1.165, 1.54) is 0 Å². The number of aromatic nitrogens is 2. The summed E-state index contributed by atoms with van der Waals surface area (Å²) in [6.07, 6.45) is 3.58. The van der Waals surface area contributed by atoms with Gasteiger partial charge in [-0.3, -0.25) is 9.58 Å². The number of rotatable bonds is 5. The number of halogens is 1. The Morgan fingerprint density at radius 3 is 2.62 bits per heavy atom. The van der Waals surface area contributed by atoms with Crippen molar-refractivity contribution >= 4 is 22.0 Å². The highest BCUT2D eigenvalue weighted by Gasteiger charge is 2.22. The molecule has 0 aromatic carbocycles. The molecule has 0 saturated carbocycles. The van der Waals surface area contributed by atoms with E-state index in [0.29, 0.717) is 12.5 Å². The van der Waals surface area contributed by atoms with E-state index >= 15 is 0 Å². The normalized spacial score (nSPS) is 16.5. The molecule has 1 fully saturated rings. The zero-order chi connectivity index (χ0) is 15.2. The minimum absolute atomic E-state index is 0.181. The average Bonchev–Trinajstić information content (AvgIpc) is 2.89. The number of carbonyl (C=O) groups excluding carboxylic acids is 1. The maximum Gasteiger partial charge on any atom is 0.409 e. The van der Waals surface area contributed by atoms with Crippen LogP contribution in [0.15, 0.2) is 16.9 Å². The number of amides is 1. The topological polar surface area (TPSA) is 50.6 Å². The van der Waals surface area contributed by atoms with Gasteiger partial charge in [0.1, 0.15) is 0 Å². The van der Waals surface area contributed by atoms with Crippen LogP contribution < -0.4 is 0 Å². The molecule has 2 rings (SSSR count). The van der Waals surface area contributed by atoms with Crippen molar-refractivity contribution in [2.24, 2.45) is 5.92 Å². The molecule has 0 radical (unpaired) electrons. The van der Waals surface area contributed by atoms with Gasteiger partial charge in [-0.1, -0.05) is 13.8 Å². The Morgan fingerprint density at radius 2 is 2.05 bits per heavy atom. The maximum absolute atomic E-state index is 11.9. The lowest BCUT2D eigenvalue weighted by Crippen LogP contribution is -2.49. The first-order valence-electron chi connectivity index (χ1n) is 7.36. The van der Waals surface area contributed by atoms with Crippen LogP contribution in [0.1, 0.15) is 13.8 Å². The summed E-state index contributed by atoms with van der Waals surface area (Å²) in [4.78, 5) is 16.0. The lowest BCUT2D eigenvalue weighted by Gasteiger charge is -2.34. The molecule has 1 aromatic heterocycles. The highest BCUT2D eigenvalue weighted by atomic mass is 79.9. The molecule has 0 aliphatic carbocycles. The zero-order valence-corrected chi connectivity index (χ0v) is 14.3. The first kappa shape index (κ1) is 16.3. The molecule has 118 valence electrons. The summed E-state index contributed by atoms with van der Waals surface area (Å²) in [6, 6.07) is 0. The third-order valence-corrected chi connectivity index (χ3v) is 3.83. The second-order valence-corrected chi connectivity index (χ2v) is 6.64. The van der Waals surface area contributed by atoms with E-state index in [4.69, 9.17) is 4.74 Å². The molecule has 1 aromatic rings. The van der Waals surface area contributed by atoms with Gasteiger partial charge in [-0.25, -0.2) is 4.79 Å². The van der Waals surface area contributed by atoms with Gasteiger partial charge in [-0.05, 0) is 21.8 Å². The lowest BCUT2D eigenvalue weighted by molar-refractivity contribution is 0.0682. The van der Waals surface area contributed by atoms with Crippen LogP contribution in [-0.4, -0.2) is 65.0 Å². The van der Waals surface area contributed by atoms with E-state index in [2.05, 4.69) is 25.9 Å². The standard InChI is InChI=1S/C14H23BrN4O2/c1-12(2)11-21-14(20)18-6-3-17(4-7-18)5-8-19-10-13(15)9-16-19/h9-10,12H,3-8,11H2,1-2H3. The summed E-state index contributed by atoms with van der Waals surface area (Å²) in [6.45, 7) is 9.63. The van der Waals surface area contributed by atoms with Crippen molar-refractivity contribution < 1.29 is 9.53 Å². The van der Waals surface area contributed by atoms with Crippen LogP contribution in [0, 0.1) is 5.92 Å². The second-order valence-electron chi connectivity index (χ2n) is 5.72. The van der Waals surface area contributed by atoms with E-state index in [-0.39, 0.29) is 6.09 Å². The Balaban J connectivity index is 1.67. The molecule has 0 spiro atoms. The van der Waals surface area contributed by atoms with Crippen LogP contribution >= 0.6 is 15.9 Å². The van der Waals surface area contributed by atoms with Gasteiger partial charge in [0.05, 0.1) is 23.8 Å². The first-order chi connectivity index (χ1) is 10.0. The van der Waals surface area contributed by atoms with Gasteiger partial charge in [0.15, 0.2) is 0 Å². The predicted molar refractivity (Wildman–Crippen MR) is 84.1 cm³/mol. The van der Waals surface area contributed by atoms with Crippen molar-refractivity contribution in [2.45, 2.75) is 20.4 Å². The summed E-state index contributed by atoms with van der Waals surface area (Å²) >= 11 is 3.39. The van der Waals surface area contributed by atoms with Crippen molar-refractivity contribution in [3.8, 4) is 0 Å². The minimum Gasteiger partial charge on any atom is -0.449 e. The highest BCUT2D eigenvalue weighted by Crippen LogP contribution is 2.08. The molecule has 0 unspecified atom stereocenters. The molecule has 1 saturated heterocycles. The van der Waals surface area contributed by atoms with Crippen LogP contribution in [0.4, 0.5) is 4.79 Å². The van der Waals surface area contributed by atoms with Crippen molar-refractivity contribution in [1.29, 1.82) is 0 Å². The lowest BCUT2D eigenvalue weighted by atomic mass is 10.2. The van der Waals surface area contributed by atoms with Gasteiger partial charge < -0.3 is 9.64 Å². The molecule has 1 aliphatic rings. The van der Waals surface area contributed by atoms with Crippen LogP contribution in [0.25, 0.3) is 0 Å². The van der Waals surface area contributed by atoms with Crippen LogP contribution in [-0.2, 0) is 11.3 Å². The van der Waals surface area contributed by atoms with Crippen LogP contribution in [0.5, 0.6) is 0 Å². The Hall–Kier alpha value is -1.08. The third-order valence-electron chi connectivity index (χ3n) is 3.42. The summed E-state index contributed by atoms with van der Waals surface area (Å²) in [5.41, 5.74) is 0. The Morgan fingerprint density at radius 1 is 1.33 bits per heavy atom. The molecule has 1 amide bonds.